The molecule has 0 radical (unpaired) electrons. The molecule has 0 spiro atoms. The molecule has 14 heavy (non-hydrogen) atoms. The molecule has 1 aromatic rings. The van der Waals surface area contributed by atoms with Crippen molar-refractivity contribution in [1.29, 1.82) is 0 Å². The molecule has 0 aliphatic rings. The van der Waals surface area contributed by atoms with Crippen molar-refractivity contribution in [3.05, 3.63) is 21.9 Å². The SMILES string of the molecule is Cc1ccsc1C(N)CC(C)(C)CN. The zero-order valence-corrected chi connectivity index (χ0v) is 10.0. The van der Waals surface area contributed by atoms with Crippen LogP contribution >= 0.6 is 11.3 Å². The molecule has 1 unspecified atom stereocenters. The lowest BCUT2D eigenvalue weighted by atomic mass is 9.85. The van der Waals surface area contributed by atoms with Crippen LogP contribution in [0.3, 0.4) is 0 Å². The van der Waals surface area contributed by atoms with Gasteiger partial charge in [-0.25, -0.2) is 0 Å². The van der Waals surface area contributed by atoms with Crippen LogP contribution in [0, 0.1) is 12.3 Å². The average Bonchev–Trinajstić information content (AvgIpc) is 2.51. The molecule has 1 rings (SSSR count). The summed E-state index contributed by atoms with van der Waals surface area (Å²) in [6.07, 6.45) is 0.949. The summed E-state index contributed by atoms with van der Waals surface area (Å²) in [5.41, 5.74) is 13.3. The second-order valence-corrected chi connectivity index (χ2v) is 5.59. The van der Waals surface area contributed by atoms with Crippen LogP contribution in [0.15, 0.2) is 11.4 Å². The molecule has 0 amide bonds. The Hall–Kier alpha value is -0.380. The van der Waals surface area contributed by atoms with Crippen LogP contribution in [0.4, 0.5) is 0 Å². The van der Waals surface area contributed by atoms with Gasteiger partial charge in [0.2, 0.25) is 0 Å². The average molecular weight is 212 g/mol. The fourth-order valence-electron chi connectivity index (χ4n) is 1.54. The van der Waals surface area contributed by atoms with Gasteiger partial charge in [0.25, 0.3) is 0 Å². The second kappa shape index (κ2) is 4.43. The van der Waals surface area contributed by atoms with E-state index in [0.29, 0.717) is 6.54 Å². The van der Waals surface area contributed by atoms with Gasteiger partial charge < -0.3 is 11.5 Å². The van der Waals surface area contributed by atoms with Crippen LogP contribution in [0.25, 0.3) is 0 Å². The first-order valence-corrected chi connectivity index (χ1v) is 5.84. The molecule has 1 aromatic heterocycles. The summed E-state index contributed by atoms with van der Waals surface area (Å²) in [7, 11) is 0. The molecule has 0 saturated heterocycles. The van der Waals surface area contributed by atoms with Crippen molar-refractivity contribution >= 4 is 11.3 Å². The zero-order chi connectivity index (χ0) is 10.8. The van der Waals surface area contributed by atoms with E-state index in [0.717, 1.165) is 6.42 Å². The van der Waals surface area contributed by atoms with E-state index in [1.165, 1.54) is 10.4 Å². The first kappa shape index (κ1) is 11.7. The minimum Gasteiger partial charge on any atom is -0.330 e. The molecule has 0 aromatic carbocycles. The van der Waals surface area contributed by atoms with Crippen molar-refractivity contribution in [1.82, 2.24) is 0 Å². The third kappa shape index (κ3) is 2.80. The van der Waals surface area contributed by atoms with E-state index in [-0.39, 0.29) is 11.5 Å². The first-order chi connectivity index (χ1) is 6.46. The second-order valence-electron chi connectivity index (χ2n) is 4.65. The van der Waals surface area contributed by atoms with Crippen molar-refractivity contribution < 1.29 is 0 Å². The smallest absolute Gasteiger partial charge is 0.0397 e. The highest BCUT2D eigenvalue weighted by Crippen LogP contribution is 2.31. The number of nitrogens with two attached hydrogens (primary N) is 2. The number of thiophene rings is 1. The van der Waals surface area contributed by atoms with Crippen LogP contribution in [-0.2, 0) is 0 Å². The molecule has 0 aliphatic heterocycles. The molecule has 2 nitrogen and oxygen atoms in total. The highest BCUT2D eigenvalue weighted by Gasteiger charge is 2.22. The van der Waals surface area contributed by atoms with E-state index in [9.17, 15) is 0 Å². The van der Waals surface area contributed by atoms with E-state index in [1.54, 1.807) is 11.3 Å². The summed E-state index contributed by atoms with van der Waals surface area (Å²) >= 11 is 1.74. The van der Waals surface area contributed by atoms with Crippen molar-refractivity contribution in [3.63, 3.8) is 0 Å². The van der Waals surface area contributed by atoms with Crippen LogP contribution in [0.5, 0.6) is 0 Å². The van der Waals surface area contributed by atoms with Crippen molar-refractivity contribution in [2.45, 2.75) is 33.2 Å². The largest absolute Gasteiger partial charge is 0.330 e. The Balaban J connectivity index is 2.68. The molecule has 0 saturated carbocycles. The topological polar surface area (TPSA) is 52.0 Å². The highest BCUT2D eigenvalue weighted by molar-refractivity contribution is 7.10. The number of rotatable bonds is 4. The Kier molecular flexibility index (Phi) is 3.70. The van der Waals surface area contributed by atoms with E-state index in [2.05, 4.69) is 32.2 Å². The zero-order valence-electron chi connectivity index (χ0n) is 9.21. The van der Waals surface area contributed by atoms with Gasteiger partial charge in [0.1, 0.15) is 0 Å². The highest BCUT2D eigenvalue weighted by atomic mass is 32.1. The van der Waals surface area contributed by atoms with Gasteiger partial charge in [-0.1, -0.05) is 13.8 Å². The van der Waals surface area contributed by atoms with Gasteiger partial charge in [-0.15, -0.1) is 11.3 Å². The van der Waals surface area contributed by atoms with Crippen LogP contribution in [0.2, 0.25) is 0 Å². The molecule has 0 bridgehead atoms. The molecule has 0 aliphatic carbocycles. The summed E-state index contributed by atoms with van der Waals surface area (Å²) in [4.78, 5) is 1.30. The predicted molar refractivity (Wildman–Crippen MR) is 63.4 cm³/mol. The van der Waals surface area contributed by atoms with Gasteiger partial charge in [-0.2, -0.15) is 0 Å². The first-order valence-electron chi connectivity index (χ1n) is 4.96. The summed E-state index contributed by atoms with van der Waals surface area (Å²) in [5, 5.41) is 2.10. The van der Waals surface area contributed by atoms with E-state index in [4.69, 9.17) is 11.5 Å². The van der Waals surface area contributed by atoms with Gasteiger partial charge in [-0.05, 0) is 42.3 Å². The molecule has 1 heterocycles. The van der Waals surface area contributed by atoms with Gasteiger partial charge in [-0.3, -0.25) is 0 Å². The van der Waals surface area contributed by atoms with E-state index >= 15 is 0 Å². The monoisotopic (exact) mass is 212 g/mol. The molecule has 3 heteroatoms. The number of aryl methyl sites for hydroxylation is 1. The maximum atomic E-state index is 6.16. The van der Waals surface area contributed by atoms with Gasteiger partial charge in [0.05, 0.1) is 0 Å². The van der Waals surface area contributed by atoms with Crippen molar-refractivity contribution in [2.75, 3.05) is 6.54 Å². The minimum atomic E-state index is 0.133. The molecule has 1 atom stereocenters. The fourth-order valence-corrected chi connectivity index (χ4v) is 2.47. The number of hydrogen-bond acceptors (Lipinski definition) is 3. The maximum Gasteiger partial charge on any atom is 0.0397 e. The summed E-state index contributed by atoms with van der Waals surface area (Å²) in [6, 6.07) is 2.25. The van der Waals surface area contributed by atoms with Crippen LogP contribution in [0.1, 0.15) is 36.8 Å². The van der Waals surface area contributed by atoms with Crippen molar-refractivity contribution in [3.8, 4) is 0 Å². The third-order valence-electron chi connectivity index (χ3n) is 2.56. The Morgan fingerprint density at radius 3 is 2.57 bits per heavy atom. The summed E-state index contributed by atoms with van der Waals surface area (Å²) in [6.45, 7) is 7.12. The Labute approximate surface area is 90.3 Å². The van der Waals surface area contributed by atoms with Gasteiger partial charge in [0, 0.05) is 10.9 Å². The molecular formula is C11H20N2S. The Morgan fingerprint density at radius 2 is 2.14 bits per heavy atom. The fraction of sp³-hybridized carbons (Fsp3) is 0.636. The van der Waals surface area contributed by atoms with Gasteiger partial charge >= 0.3 is 0 Å². The van der Waals surface area contributed by atoms with E-state index < -0.39 is 0 Å². The quantitative estimate of drug-likeness (QED) is 0.805. The lowest BCUT2D eigenvalue weighted by Crippen LogP contribution is -2.28. The van der Waals surface area contributed by atoms with Gasteiger partial charge in [0.15, 0.2) is 0 Å². The molecule has 0 fully saturated rings. The minimum absolute atomic E-state index is 0.133. The summed E-state index contributed by atoms with van der Waals surface area (Å²) in [5.74, 6) is 0. The van der Waals surface area contributed by atoms with Crippen molar-refractivity contribution in [2.24, 2.45) is 16.9 Å². The molecule has 80 valence electrons. The lowest BCUT2D eigenvalue weighted by molar-refractivity contribution is 0.319. The molecule has 4 N–H and O–H groups in total. The lowest BCUT2D eigenvalue weighted by Gasteiger charge is -2.26. The van der Waals surface area contributed by atoms with E-state index in [1.807, 2.05) is 0 Å². The predicted octanol–water partition coefficient (Wildman–Crippen LogP) is 2.43. The summed E-state index contributed by atoms with van der Waals surface area (Å²) < 4.78 is 0. The third-order valence-corrected chi connectivity index (χ3v) is 3.71. The molecular weight excluding hydrogens is 192 g/mol. The Morgan fingerprint density at radius 1 is 1.50 bits per heavy atom. The Bertz CT molecular complexity index is 291. The normalized spacial score (nSPS) is 14.4. The number of hydrogen-bond donors (Lipinski definition) is 2. The standard InChI is InChI=1S/C11H20N2S/c1-8-4-5-14-10(8)9(13)6-11(2,3)7-12/h4-5,9H,6-7,12-13H2,1-3H3. The maximum absolute atomic E-state index is 6.16. The van der Waals surface area contributed by atoms with Crippen LogP contribution < -0.4 is 11.5 Å². The van der Waals surface area contributed by atoms with Crippen LogP contribution in [-0.4, -0.2) is 6.54 Å².